The molecule has 5 nitrogen and oxygen atoms in total. The number of hydrogen-bond acceptors (Lipinski definition) is 6. The fourth-order valence-corrected chi connectivity index (χ4v) is 4.24. The molecule has 0 fully saturated rings. The van der Waals surface area contributed by atoms with Crippen LogP contribution in [0.15, 0.2) is 24.3 Å². The third-order valence-corrected chi connectivity index (χ3v) is 5.61. The minimum absolute atomic E-state index is 0.258. The van der Waals surface area contributed by atoms with Crippen LogP contribution in [0.5, 0.6) is 11.5 Å². The molecule has 0 atom stereocenters. The topological polar surface area (TPSA) is 61.8 Å². The third kappa shape index (κ3) is 3.39. The molecule has 2 aromatic rings. The van der Waals surface area contributed by atoms with Gasteiger partial charge in [-0.05, 0) is 55.5 Å². The Morgan fingerprint density at radius 3 is 2.68 bits per heavy atom. The number of benzene rings is 1. The number of rotatable bonds is 4. The summed E-state index contributed by atoms with van der Waals surface area (Å²) in [7, 11) is 0. The maximum atomic E-state index is 12.3. The predicted octanol–water partition coefficient (Wildman–Crippen LogP) is 3.44. The number of esters is 1. The van der Waals surface area contributed by atoms with Gasteiger partial charge in [0, 0.05) is 10.4 Å². The van der Waals surface area contributed by atoms with Crippen LogP contribution in [-0.4, -0.2) is 31.6 Å². The number of thiophene rings is 1. The lowest BCUT2D eigenvalue weighted by molar-refractivity contribution is 0.0479. The van der Waals surface area contributed by atoms with Crippen molar-refractivity contribution in [3.8, 4) is 11.5 Å². The quantitative estimate of drug-likeness (QED) is 0.619. The molecule has 0 saturated carbocycles. The van der Waals surface area contributed by atoms with Gasteiger partial charge in [-0.3, -0.25) is 4.79 Å². The van der Waals surface area contributed by atoms with E-state index in [2.05, 4.69) is 0 Å². The highest BCUT2D eigenvalue weighted by Crippen LogP contribution is 2.31. The molecule has 0 spiro atoms. The van der Waals surface area contributed by atoms with Crippen LogP contribution in [0.4, 0.5) is 0 Å². The van der Waals surface area contributed by atoms with E-state index in [1.54, 1.807) is 18.2 Å². The molecule has 0 radical (unpaired) electrons. The van der Waals surface area contributed by atoms with E-state index < -0.39 is 5.97 Å². The van der Waals surface area contributed by atoms with Gasteiger partial charge in [0.25, 0.3) is 0 Å². The van der Waals surface area contributed by atoms with Gasteiger partial charge < -0.3 is 14.2 Å². The Balaban J connectivity index is 1.39. The molecule has 0 amide bonds. The fourth-order valence-electron chi connectivity index (χ4n) is 3.09. The fraction of sp³-hybridized carbons (Fsp3) is 0.368. The van der Waals surface area contributed by atoms with Crippen molar-refractivity contribution in [2.75, 3.05) is 19.8 Å². The van der Waals surface area contributed by atoms with Gasteiger partial charge in [-0.15, -0.1) is 11.3 Å². The number of fused-ring (bicyclic) bond motifs is 2. The zero-order valence-corrected chi connectivity index (χ0v) is 14.5. The smallest absolute Gasteiger partial charge is 0.348 e. The van der Waals surface area contributed by atoms with Crippen LogP contribution in [0.1, 0.15) is 43.3 Å². The van der Waals surface area contributed by atoms with Gasteiger partial charge in [0.2, 0.25) is 0 Å². The summed E-state index contributed by atoms with van der Waals surface area (Å²) < 4.78 is 16.1. The van der Waals surface area contributed by atoms with E-state index in [0.717, 1.165) is 12.8 Å². The molecular formula is C19H18O5S. The summed E-state index contributed by atoms with van der Waals surface area (Å²) >= 11 is 1.49. The van der Waals surface area contributed by atoms with Crippen LogP contribution >= 0.6 is 11.3 Å². The summed E-state index contributed by atoms with van der Waals surface area (Å²) in [6.07, 6.45) is 4.39. The van der Waals surface area contributed by atoms with E-state index in [9.17, 15) is 9.59 Å². The number of ether oxygens (including phenoxy) is 3. The lowest BCUT2D eigenvalue weighted by atomic mass is 9.99. The largest absolute Gasteiger partial charge is 0.486 e. The summed E-state index contributed by atoms with van der Waals surface area (Å²) in [5.74, 6) is 0.496. The summed E-state index contributed by atoms with van der Waals surface area (Å²) in [4.78, 5) is 26.4. The van der Waals surface area contributed by atoms with Crippen molar-refractivity contribution in [3.05, 3.63) is 45.1 Å². The van der Waals surface area contributed by atoms with Gasteiger partial charge in [0.15, 0.2) is 23.9 Å². The molecule has 1 aliphatic heterocycles. The average Bonchev–Trinajstić information content (AvgIpc) is 3.09. The van der Waals surface area contributed by atoms with Gasteiger partial charge in [0.1, 0.15) is 18.1 Å². The van der Waals surface area contributed by atoms with Crippen molar-refractivity contribution in [2.45, 2.75) is 25.7 Å². The van der Waals surface area contributed by atoms with Crippen LogP contribution in [-0.2, 0) is 17.6 Å². The first-order valence-electron chi connectivity index (χ1n) is 8.42. The van der Waals surface area contributed by atoms with E-state index in [-0.39, 0.29) is 12.4 Å². The number of carbonyl (C=O) groups excluding carboxylic acids is 2. The molecule has 0 N–H and O–H groups in total. The Kier molecular flexibility index (Phi) is 4.44. The number of ketones is 1. The first-order chi connectivity index (χ1) is 12.2. The Bertz CT molecular complexity index is 800. The molecule has 25 heavy (non-hydrogen) atoms. The van der Waals surface area contributed by atoms with Crippen molar-refractivity contribution in [3.63, 3.8) is 0 Å². The lowest BCUT2D eigenvalue weighted by Crippen LogP contribution is -2.17. The molecule has 0 bridgehead atoms. The molecule has 2 aliphatic rings. The first-order valence-corrected chi connectivity index (χ1v) is 9.24. The van der Waals surface area contributed by atoms with E-state index >= 15 is 0 Å². The molecule has 0 unspecified atom stereocenters. The summed E-state index contributed by atoms with van der Waals surface area (Å²) in [5, 5.41) is 0. The molecule has 0 saturated heterocycles. The molecule has 130 valence electrons. The number of aryl methyl sites for hydroxylation is 2. The Hall–Kier alpha value is -2.34. The molecule has 1 aliphatic carbocycles. The van der Waals surface area contributed by atoms with Crippen LogP contribution < -0.4 is 9.47 Å². The second kappa shape index (κ2) is 6.88. The van der Waals surface area contributed by atoms with Gasteiger partial charge in [-0.2, -0.15) is 0 Å². The van der Waals surface area contributed by atoms with Crippen molar-refractivity contribution < 1.29 is 23.8 Å². The molecule has 1 aromatic heterocycles. The monoisotopic (exact) mass is 358 g/mol. The zero-order valence-electron chi connectivity index (χ0n) is 13.7. The Labute approximate surface area is 149 Å². The van der Waals surface area contributed by atoms with Crippen molar-refractivity contribution in [1.29, 1.82) is 0 Å². The molecule has 4 rings (SSSR count). The molecular weight excluding hydrogens is 340 g/mol. The molecule has 6 heteroatoms. The second-order valence-corrected chi connectivity index (χ2v) is 7.26. The standard InChI is InChI=1S/C19H18O5S/c20-14(12-5-6-15-16(9-12)23-8-7-22-15)11-24-19(21)18-10-13-3-1-2-4-17(13)25-18/h5-6,9-10H,1-4,7-8,11H2. The van der Waals surface area contributed by atoms with E-state index in [0.29, 0.717) is 35.2 Å². The van der Waals surface area contributed by atoms with Gasteiger partial charge >= 0.3 is 5.97 Å². The highest BCUT2D eigenvalue weighted by molar-refractivity contribution is 7.14. The Morgan fingerprint density at radius 2 is 1.84 bits per heavy atom. The first kappa shape index (κ1) is 16.1. The van der Waals surface area contributed by atoms with Crippen LogP contribution in [0.2, 0.25) is 0 Å². The minimum Gasteiger partial charge on any atom is -0.486 e. The van der Waals surface area contributed by atoms with Gasteiger partial charge in [-0.1, -0.05) is 0 Å². The zero-order chi connectivity index (χ0) is 17.2. The summed E-state index contributed by atoms with van der Waals surface area (Å²) in [6.45, 7) is 0.687. The van der Waals surface area contributed by atoms with Crippen molar-refractivity contribution in [1.82, 2.24) is 0 Å². The number of hydrogen-bond donors (Lipinski definition) is 0. The van der Waals surface area contributed by atoms with E-state index in [1.165, 1.54) is 34.6 Å². The van der Waals surface area contributed by atoms with E-state index in [1.807, 2.05) is 6.07 Å². The van der Waals surface area contributed by atoms with Crippen molar-refractivity contribution in [2.24, 2.45) is 0 Å². The van der Waals surface area contributed by atoms with Crippen LogP contribution in [0.3, 0.4) is 0 Å². The Morgan fingerprint density at radius 1 is 1.04 bits per heavy atom. The maximum absolute atomic E-state index is 12.3. The molecule has 1 aromatic carbocycles. The maximum Gasteiger partial charge on any atom is 0.348 e. The SMILES string of the molecule is O=C(COC(=O)c1cc2c(s1)CCCC2)c1ccc2c(c1)OCCO2. The van der Waals surface area contributed by atoms with Gasteiger partial charge in [-0.25, -0.2) is 4.79 Å². The predicted molar refractivity (Wildman–Crippen MR) is 93.0 cm³/mol. The van der Waals surface area contributed by atoms with Crippen molar-refractivity contribution >= 4 is 23.1 Å². The van der Waals surface area contributed by atoms with Crippen LogP contribution in [0, 0.1) is 0 Å². The van der Waals surface area contributed by atoms with E-state index in [4.69, 9.17) is 14.2 Å². The lowest BCUT2D eigenvalue weighted by Gasteiger charge is -2.18. The number of carbonyl (C=O) groups is 2. The summed E-state index contributed by atoms with van der Waals surface area (Å²) in [6, 6.07) is 6.91. The van der Waals surface area contributed by atoms with Gasteiger partial charge in [0.05, 0.1) is 0 Å². The second-order valence-electron chi connectivity index (χ2n) is 6.12. The summed E-state index contributed by atoms with van der Waals surface area (Å²) in [5.41, 5.74) is 1.70. The normalized spacial score (nSPS) is 15.4. The number of Topliss-reactive ketones (excluding diaryl/α,β-unsaturated/α-hetero) is 1. The highest BCUT2D eigenvalue weighted by atomic mass is 32.1. The molecule has 2 heterocycles. The average molecular weight is 358 g/mol. The van der Waals surface area contributed by atoms with Crippen LogP contribution in [0.25, 0.3) is 0 Å². The minimum atomic E-state index is -0.426. The highest BCUT2D eigenvalue weighted by Gasteiger charge is 2.20. The third-order valence-electron chi connectivity index (χ3n) is 4.40.